The first-order valence-electron chi connectivity index (χ1n) is 13.3. The fourth-order valence-corrected chi connectivity index (χ4v) is 9.38. The molecule has 186 valence electrons. The molecule has 0 unspecified atom stereocenters. The molecule has 2 N–H and O–H groups in total. The normalized spacial score (nSPS) is 60.0. The highest BCUT2D eigenvalue weighted by molar-refractivity contribution is 5.97. The Morgan fingerprint density at radius 1 is 1.18 bits per heavy atom. The smallest absolute Gasteiger partial charge is 0.186 e. The monoisotopic (exact) mass is 470 g/mol. The van der Waals surface area contributed by atoms with Crippen molar-refractivity contribution in [2.24, 2.45) is 28.6 Å². The van der Waals surface area contributed by atoms with E-state index in [2.05, 4.69) is 27.7 Å². The van der Waals surface area contributed by atoms with Gasteiger partial charge in [-0.3, -0.25) is 4.79 Å². The van der Waals surface area contributed by atoms with Gasteiger partial charge in [0.2, 0.25) is 0 Å². The molecule has 3 aliphatic heterocycles. The van der Waals surface area contributed by atoms with Crippen LogP contribution in [0.5, 0.6) is 0 Å². The van der Waals surface area contributed by atoms with Crippen molar-refractivity contribution in [3.63, 3.8) is 0 Å². The average Bonchev–Trinajstić information content (AvgIpc) is 3.61. The van der Waals surface area contributed by atoms with Gasteiger partial charge in [0.25, 0.3) is 0 Å². The molecule has 0 aromatic heterocycles. The summed E-state index contributed by atoms with van der Waals surface area (Å²) in [6.07, 6.45) is 7.35. The largest absolute Gasteiger partial charge is 0.392 e. The number of aliphatic hydroxyl groups excluding tert-OH is 2. The van der Waals surface area contributed by atoms with Crippen LogP contribution in [-0.4, -0.2) is 57.4 Å². The number of fused-ring (bicyclic) bond motifs is 4. The van der Waals surface area contributed by atoms with Crippen molar-refractivity contribution in [2.45, 2.75) is 115 Å². The summed E-state index contributed by atoms with van der Waals surface area (Å²) < 4.78 is 18.4. The zero-order chi connectivity index (χ0) is 24.1. The molecule has 7 aliphatic rings. The minimum atomic E-state index is -0.950. The van der Waals surface area contributed by atoms with E-state index in [0.717, 1.165) is 32.1 Å². The number of ether oxygens (including phenoxy) is 3. The highest BCUT2D eigenvalue weighted by Gasteiger charge is 2.77. The lowest BCUT2D eigenvalue weighted by Crippen LogP contribution is -2.57. The molecule has 3 saturated heterocycles. The third kappa shape index (κ3) is 2.26. The molecular formula is C28H38O6. The Morgan fingerprint density at radius 3 is 2.68 bits per heavy atom. The number of carbonyl (C=O) groups is 1. The maximum Gasteiger partial charge on any atom is 0.186 e. The van der Waals surface area contributed by atoms with Gasteiger partial charge in [0.05, 0.1) is 23.7 Å². The summed E-state index contributed by atoms with van der Waals surface area (Å²) in [6.45, 7) is 10.5. The Hall–Kier alpha value is -1.05. The van der Waals surface area contributed by atoms with Crippen LogP contribution in [0.1, 0.15) is 73.1 Å². The maximum absolute atomic E-state index is 13.3. The number of hydrogen-bond donors (Lipinski definition) is 2. The SMILES string of the molecule is C[C@H]([C@@H]1C[C@]2(C)O[C@]2(C)[C@H](O)O1)[C@@]1(C)C2=C(C[C@@H]1O)[C@@H]1C[C@@H]3O[C@@]34CC=CC(=O)[C@]4(C)[C@H]1CC2. The predicted octanol–water partition coefficient (Wildman–Crippen LogP) is 3.45. The van der Waals surface area contributed by atoms with E-state index in [1.54, 1.807) is 6.08 Å². The Morgan fingerprint density at radius 2 is 1.94 bits per heavy atom. The first-order valence-corrected chi connectivity index (χ1v) is 13.3. The van der Waals surface area contributed by atoms with E-state index in [-0.39, 0.29) is 41.0 Å². The molecule has 3 heterocycles. The molecule has 0 bridgehead atoms. The third-order valence-corrected chi connectivity index (χ3v) is 12.2. The predicted molar refractivity (Wildman–Crippen MR) is 124 cm³/mol. The van der Waals surface area contributed by atoms with Crippen molar-refractivity contribution in [3.8, 4) is 0 Å². The molecule has 7 rings (SSSR count). The molecule has 4 fully saturated rings. The number of epoxide rings is 2. The molecule has 34 heavy (non-hydrogen) atoms. The topological polar surface area (TPSA) is 91.8 Å². The molecule has 1 saturated carbocycles. The fraction of sp³-hybridized carbons (Fsp3) is 0.821. The van der Waals surface area contributed by atoms with Gasteiger partial charge in [-0.15, -0.1) is 0 Å². The molecule has 0 radical (unpaired) electrons. The second-order valence-corrected chi connectivity index (χ2v) is 13.1. The van der Waals surface area contributed by atoms with E-state index in [1.165, 1.54) is 11.1 Å². The molecule has 1 spiro atoms. The van der Waals surface area contributed by atoms with Gasteiger partial charge in [-0.05, 0) is 76.7 Å². The minimum Gasteiger partial charge on any atom is -0.392 e. The Kier molecular flexibility index (Phi) is 4.08. The Labute approximate surface area is 201 Å². The van der Waals surface area contributed by atoms with E-state index >= 15 is 0 Å². The van der Waals surface area contributed by atoms with E-state index in [0.29, 0.717) is 12.3 Å². The number of ketones is 1. The molecule has 6 heteroatoms. The number of carbonyl (C=O) groups excluding carboxylic acids is 1. The average molecular weight is 471 g/mol. The van der Waals surface area contributed by atoms with E-state index in [1.807, 2.05) is 13.0 Å². The van der Waals surface area contributed by atoms with Gasteiger partial charge in [-0.2, -0.15) is 0 Å². The standard InChI is InChI=1S/C28H38O6/c1-14(19-13-24(2)27(5,34-24)23(31)32-19)25(3)17-8-9-18-16(15(17)11-21(25)30)12-22-28(33-22)10-6-7-20(29)26(18,28)4/h6-7,14,16,18-19,21-23,30-31H,8-13H2,1-5H3/t14-,16+,18+,19+,21+,22+,23-,24+,25+,26+,27-,28+/m1/s1. The van der Waals surface area contributed by atoms with Gasteiger partial charge < -0.3 is 24.4 Å². The highest BCUT2D eigenvalue weighted by Crippen LogP contribution is 2.71. The Balaban J connectivity index is 1.23. The highest BCUT2D eigenvalue weighted by atomic mass is 16.7. The molecule has 4 aliphatic carbocycles. The van der Waals surface area contributed by atoms with Gasteiger partial charge in [-0.1, -0.05) is 31.1 Å². The van der Waals surface area contributed by atoms with Crippen LogP contribution >= 0.6 is 0 Å². The first kappa shape index (κ1) is 22.2. The van der Waals surface area contributed by atoms with Crippen molar-refractivity contribution < 1.29 is 29.2 Å². The zero-order valence-corrected chi connectivity index (χ0v) is 21.0. The molecule has 12 atom stereocenters. The molecular weight excluding hydrogens is 432 g/mol. The fourth-order valence-electron chi connectivity index (χ4n) is 9.38. The van der Waals surface area contributed by atoms with Crippen molar-refractivity contribution >= 4 is 5.78 Å². The zero-order valence-electron chi connectivity index (χ0n) is 21.0. The molecule has 0 amide bonds. The van der Waals surface area contributed by atoms with Gasteiger partial charge in [0, 0.05) is 11.8 Å². The lowest BCUT2D eigenvalue weighted by molar-refractivity contribution is -0.206. The van der Waals surface area contributed by atoms with Crippen molar-refractivity contribution in [1.29, 1.82) is 0 Å². The lowest BCUT2D eigenvalue weighted by Gasteiger charge is -2.52. The van der Waals surface area contributed by atoms with Crippen LogP contribution < -0.4 is 0 Å². The second-order valence-electron chi connectivity index (χ2n) is 13.1. The Bertz CT molecular complexity index is 1050. The number of aliphatic hydroxyl groups is 2. The number of rotatable bonds is 2. The van der Waals surface area contributed by atoms with Gasteiger partial charge in [0.1, 0.15) is 16.8 Å². The summed E-state index contributed by atoms with van der Waals surface area (Å²) in [5.41, 5.74) is 0.555. The van der Waals surface area contributed by atoms with Crippen LogP contribution in [0.4, 0.5) is 0 Å². The molecule has 0 aromatic rings. The quantitative estimate of drug-likeness (QED) is 0.475. The van der Waals surface area contributed by atoms with Crippen molar-refractivity contribution in [1.82, 2.24) is 0 Å². The van der Waals surface area contributed by atoms with Crippen LogP contribution in [-0.2, 0) is 19.0 Å². The van der Waals surface area contributed by atoms with E-state index < -0.39 is 28.8 Å². The summed E-state index contributed by atoms with van der Waals surface area (Å²) in [7, 11) is 0. The van der Waals surface area contributed by atoms with Crippen LogP contribution in [0.25, 0.3) is 0 Å². The summed E-state index contributed by atoms with van der Waals surface area (Å²) in [6, 6.07) is 0. The van der Waals surface area contributed by atoms with Crippen LogP contribution in [0.2, 0.25) is 0 Å². The third-order valence-electron chi connectivity index (χ3n) is 12.2. The molecule has 0 aromatic carbocycles. The summed E-state index contributed by atoms with van der Waals surface area (Å²) in [5.74, 6) is 0.805. The second kappa shape index (κ2) is 6.25. The number of hydrogen-bond acceptors (Lipinski definition) is 6. The first-order chi connectivity index (χ1) is 15.9. The summed E-state index contributed by atoms with van der Waals surface area (Å²) >= 11 is 0. The van der Waals surface area contributed by atoms with E-state index in [4.69, 9.17) is 14.2 Å². The molecule has 6 nitrogen and oxygen atoms in total. The maximum atomic E-state index is 13.3. The van der Waals surface area contributed by atoms with Crippen LogP contribution in [0.15, 0.2) is 23.3 Å². The van der Waals surface area contributed by atoms with E-state index in [9.17, 15) is 15.0 Å². The van der Waals surface area contributed by atoms with Gasteiger partial charge >= 0.3 is 0 Å². The van der Waals surface area contributed by atoms with Crippen molar-refractivity contribution in [2.75, 3.05) is 0 Å². The van der Waals surface area contributed by atoms with Crippen molar-refractivity contribution in [3.05, 3.63) is 23.3 Å². The van der Waals surface area contributed by atoms with Gasteiger partial charge in [-0.25, -0.2) is 0 Å². The number of allylic oxidation sites excluding steroid dienone is 1. The lowest BCUT2D eigenvalue weighted by atomic mass is 9.49. The minimum absolute atomic E-state index is 0.0291. The summed E-state index contributed by atoms with van der Waals surface area (Å²) in [4.78, 5) is 13.3. The van der Waals surface area contributed by atoms with Crippen LogP contribution in [0, 0.1) is 28.6 Å². The van der Waals surface area contributed by atoms with Crippen LogP contribution in [0.3, 0.4) is 0 Å². The summed E-state index contributed by atoms with van der Waals surface area (Å²) in [5, 5.41) is 22.2. The van der Waals surface area contributed by atoms with Gasteiger partial charge in [0.15, 0.2) is 12.1 Å².